The van der Waals surface area contributed by atoms with E-state index in [-0.39, 0.29) is 11.7 Å². The maximum Gasteiger partial charge on any atom is 0.228 e. The SMILES string of the molecule is CC(=O)c1ccccc1OC(C)=NO. The van der Waals surface area contributed by atoms with E-state index in [0.717, 1.165) is 0 Å². The van der Waals surface area contributed by atoms with Crippen molar-refractivity contribution in [2.45, 2.75) is 13.8 Å². The average Bonchev–Trinajstić information content (AvgIpc) is 2.18. The number of ether oxygens (including phenoxy) is 1. The molecule has 1 rings (SSSR count). The van der Waals surface area contributed by atoms with Crippen LogP contribution in [0.15, 0.2) is 29.4 Å². The Kier molecular flexibility index (Phi) is 3.23. The van der Waals surface area contributed by atoms with Crippen LogP contribution in [-0.2, 0) is 0 Å². The van der Waals surface area contributed by atoms with Crippen LogP contribution in [0.1, 0.15) is 24.2 Å². The van der Waals surface area contributed by atoms with Crippen LogP contribution >= 0.6 is 0 Å². The Morgan fingerprint density at radius 2 is 2.00 bits per heavy atom. The lowest BCUT2D eigenvalue weighted by molar-refractivity contribution is 0.101. The summed E-state index contributed by atoms with van der Waals surface area (Å²) in [4.78, 5) is 11.2. The fourth-order valence-electron chi connectivity index (χ4n) is 1.03. The first-order valence-corrected chi connectivity index (χ1v) is 4.11. The molecule has 74 valence electrons. The lowest BCUT2D eigenvalue weighted by Crippen LogP contribution is -2.06. The van der Waals surface area contributed by atoms with Gasteiger partial charge in [0.25, 0.3) is 0 Å². The highest BCUT2D eigenvalue weighted by molar-refractivity contribution is 5.97. The van der Waals surface area contributed by atoms with Crippen molar-refractivity contribution in [2.75, 3.05) is 0 Å². The van der Waals surface area contributed by atoms with Crippen LogP contribution in [0.3, 0.4) is 0 Å². The number of nitrogens with zero attached hydrogens (tertiary/aromatic N) is 1. The van der Waals surface area contributed by atoms with Crippen LogP contribution in [0, 0.1) is 0 Å². The number of carbonyl (C=O) groups is 1. The Hall–Kier alpha value is -1.84. The zero-order valence-corrected chi connectivity index (χ0v) is 8.02. The summed E-state index contributed by atoms with van der Waals surface area (Å²) in [5.74, 6) is 0.403. The first-order valence-electron chi connectivity index (χ1n) is 4.11. The van der Waals surface area contributed by atoms with Crippen LogP contribution in [-0.4, -0.2) is 16.9 Å². The van der Waals surface area contributed by atoms with Crippen molar-refractivity contribution in [3.8, 4) is 5.75 Å². The van der Waals surface area contributed by atoms with E-state index in [1.54, 1.807) is 24.3 Å². The first-order chi connectivity index (χ1) is 6.65. The highest BCUT2D eigenvalue weighted by Gasteiger charge is 2.08. The van der Waals surface area contributed by atoms with Crippen LogP contribution in [0.25, 0.3) is 0 Å². The molecule has 1 N–H and O–H groups in total. The van der Waals surface area contributed by atoms with Gasteiger partial charge in [0.2, 0.25) is 5.90 Å². The van der Waals surface area contributed by atoms with E-state index in [1.807, 2.05) is 0 Å². The fourth-order valence-corrected chi connectivity index (χ4v) is 1.03. The van der Waals surface area contributed by atoms with Gasteiger partial charge >= 0.3 is 0 Å². The minimum Gasteiger partial charge on any atom is -0.439 e. The third-order valence-electron chi connectivity index (χ3n) is 1.66. The van der Waals surface area contributed by atoms with Crippen LogP contribution in [0.4, 0.5) is 0 Å². The van der Waals surface area contributed by atoms with Gasteiger partial charge in [-0.3, -0.25) is 4.79 Å². The smallest absolute Gasteiger partial charge is 0.228 e. The van der Waals surface area contributed by atoms with Gasteiger partial charge in [0.05, 0.1) is 5.56 Å². The van der Waals surface area contributed by atoms with Gasteiger partial charge in [-0.2, -0.15) is 0 Å². The molecule has 0 aliphatic carbocycles. The zero-order valence-electron chi connectivity index (χ0n) is 8.02. The molecule has 4 nitrogen and oxygen atoms in total. The van der Waals surface area contributed by atoms with Crippen molar-refractivity contribution >= 4 is 11.7 Å². The Labute approximate surface area is 81.8 Å². The molecule has 0 aliphatic heterocycles. The summed E-state index contributed by atoms with van der Waals surface area (Å²) >= 11 is 0. The quantitative estimate of drug-likeness (QED) is 0.257. The van der Waals surface area contributed by atoms with E-state index in [4.69, 9.17) is 9.94 Å². The Bertz CT molecular complexity index is 371. The van der Waals surface area contributed by atoms with Gasteiger partial charge in [-0.25, -0.2) is 0 Å². The van der Waals surface area contributed by atoms with E-state index < -0.39 is 0 Å². The number of hydrogen-bond acceptors (Lipinski definition) is 4. The summed E-state index contributed by atoms with van der Waals surface area (Å²) in [6, 6.07) is 6.79. The van der Waals surface area contributed by atoms with Crippen molar-refractivity contribution in [1.29, 1.82) is 0 Å². The van der Waals surface area contributed by atoms with Gasteiger partial charge in [0.15, 0.2) is 5.78 Å². The molecule has 0 radical (unpaired) electrons. The molecule has 0 unspecified atom stereocenters. The van der Waals surface area contributed by atoms with E-state index in [2.05, 4.69) is 5.16 Å². The van der Waals surface area contributed by atoms with E-state index in [1.165, 1.54) is 13.8 Å². The molecule has 0 aromatic heterocycles. The molecule has 14 heavy (non-hydrogen) atoms. The normalized spacial score (nSPS) is 11.1. The predicted octanol–water partition coefficient (Wildman–Crippen LogP) is 2.08. The second kappa shape index (κ2) is 4.41. The largest absolute Gasteiger partial charge is 0.439 e. The summed E-state index contributed by atoms with van der Waals surface area (Å²) in [7, 11) is 0. The molecule has 0 saturated carbocycles. The molecule has 0 spiro atoms. The number of carbonyl (C=O) groups excluding carboxylic acids is 1. The van der Waals surface area contributed by atoms with Gasteiger partial charge in [-0.1, -0.05) is 17.3 Å². The summed E-state index contributed by atoms with van der Waals surface area (Å²) in [5, 5.41) is 11.3. The van der Waals surface area contributed by atoms with Crippen molar-refractivity contribution in [2.24, 2.45) is 5.16 Å². The molecule has 0 heterocycles. The number of benzene rings is 1. The Morgan fingerprint density at radius 3 is 2.57 bits per heavy atom. The first kappa shape index (κ1) is 10.2. The molecular formula is C10H11NO3. The molecule has 0 atom stereocenters. The van der Waals surface area contributed by atoms with Gasteiger partial charge in [0.1, 0.15) is 5.75 Å². The van der Waals surface area contributed by atoms with Crippen molar-refractivity contribution in [3.63, 3.8) is 0 Å². The number of ketones is 1. The second-order valence-corrected chi connectivity index (χ2v) is 2.77. The molecule has 1 aromatic rings. The minimum absolute atomic E-state index is 0.0914. The summed E-state index contributed by atoms with van der Waals surface area (Å²) in [5.41, 5.74) is 0.468. The second-order valence-electron chi connectivity index (χ2n) is 2.77. The number of hydrogen-bond donors (Lipinski definition) is 1. The molecule has 1 aromatic carbocycles. The fraction of sp³-hybridized carbons (Fsp3) is 0.200. The maximum atomic E-state index is 11.2. The highest BCUT2D eigenvalue weighted by Crippen LogP contribution is 2.18. The zero-order chi connectivity index (χ0) is 10.6. The average molecular weight is 193 g/mol. The van der Waals surface area contributed by atoms with Crippen LogP contribution in [0.5, 0.6) is 5.75 Å². The monoisotopic (exact) mass is 193 g/mol. The summed E-state index contributed by atoms with van der Waals surface area (Å²) in [6.45, 7) is 2.95. The topological polar surface area (TPSA) is 58.9 Å². The summed E-state index contributed by atoms with van der Waals surface area (Å²) < 4.78 is 5.14. The van der Waals surface area contributed by atoms with Gasteiger partial charge in [-0.15, -0.1) is 0 Å². The van der Waals surface area contributed by atoms with Crippen molar-refractivity contribution < 1.29 is 14.7 Å². The minimum atomic E-state index is -0.0914. The van der Waals surface area contributed by atoms with Crippen molar-refractivity contribution in [3.05, 3.63) is 29.8 Å². The number of para-hydroxylation sites is 1. The predicted molar refractivity (Wildman–Crippen MR) is 52.0 cm³/mol. The third-order valence-corrected chi connectivity index (χ3v) is 1.66. The van der Waals surface area contributed by atoms with Crippen LogP contribution in [0.2, 0.25) is 0 Å². The van der Waals surface area contributed by atoms with E-state index >= 15 is 0 Å². The van der Waals surface area contributed by atoms with Gasteiger partial charge < -0.3 is 9.94 Å². The van der Waals surface area contributed by atoms with Crippen LogP contribution < -0.4 is 4.74 Å². The third kappa shape index (κ3) is 2.32. The van der Waals surface area contributed by atoms with Crippen molar-refractivity contribution in [1.82, 2.24) is 0 Å². The number of oxime groups is 1. The molecule has 0 amide bonds. The summed E-state index contributed by atoms with van der Waals surface area (Å²) in [6.07, 6.45) is 0. The molecular weight excluding hydrogens is 182 g/mol. The molecule has 4 heteroatoms. The molecule has 0 bridgehead atoms. The molecule has 0 saturated heterocycles. The van der Waals surface area contributed by atoms with E-state index in [9.17, 15) is 4.79 Å². The highest BCUT2D eigenvalue weighted by atomic mass is 16.5. The van der Waals surface area contributed by atoms with E-state index in [0.29, 0.717) is 11.3 Å². The molecule has 0 fully saturated rings. The maximum absolute atomic E-state index is 11.2. The Morgan fingerprint density at radius 1 is 1.36 bits per heavy atom. The molecule has 0 aliphatic rings. The van der Waals surface area contributed by atoms with Gasteiger partial charge in [-0.05, 0) is 19.1 Å². The number of rotatable bonds is 2. The standard InChI is InChI=1S/C10H11NO3/c1-7(12)9-5-3-4-6-10(9)14-8(2)11-13/h3-6,13H,1-2H3. The Balaban J connectivity index is 3.02. The number of Topliss-reactive ketones (excluding diaryl/α,β-unsaturated/α-hetero) is 1. The lowest BCUT2D eigenvalue weighted by atomic mass is 10.1. The van der Waals surface area contributed by atoms with Gasteiger partial charge in [0, 0.05) is 6.92 Å². The lowest BCUT2D eigenvalue weighted by Gasteiger charge is -2.06.